The van der Waals surface area contributed by atoms with E-state index in [1.54, 1.807) is 19.2 Å². The van der Waals surface area contributed by atoms with Crippen molar-refractivity contribution in [2.24, 2.45) is 0 Å². The van der Waals surface area contributed by atoms with Gasteiger partial charge in [0.2, 0.25) is 0 Å². The minimum Gasteiger partial charge on any atom is -0.497 e. The average Bonchev–Trinajstić information content (AvgIpc) is 3.14. The first-order valence-corrected chi connectivity index (χ1v) is 10.9. The predicted molar refractivity (Wildman–Crippen MR) is 119 cm³/mol. The molecule has 0 unspecified atom stereocenters. The summed E-state index contributed by atoms with van der Waals surface area (Å²) in [6.45, 7) is 1.81. The Labute approximate surface area is 187 Å². The number of methoxy groups -OCH3 is 1. The van der Waals surface area contributed by atoms with Crippen LogP contribution in [0.4, 0.5) is 15.8 Å². The van der Waals surface area contributed by atoms with Crippen molar-refractivity contribution in [1.82, 2.24) is 0 Å². The minimum absolute atomic E-state index is 0.00175. The summed E-state index contributed by atoms with van der Waals surface area (Å²) in [6.07, 6.45) is 1.53. The van der Waals surface area contributed by atoms with Gasteiger partial charge in [0.15, 0.2) is 0 Å². The highest BCUT2D eigenvalue weighted by molar-refractivity contribution is 5.69. The number of anilines is 2. The fourth-order valence-corrected chi connectivity index (χ4v) is 4.59. The summed E-state index contributed by atoms with van der Waals surface area (Å²) in [5.41, 5.74) is 1.43. The van der Waals surface area contributed by atoms with Crippen LogP contribution in [-0.2, 0) is 4.79 Å². The molecule has 2 N–H and O–H groups in total. The van der Waals surface area contributed by atoms with E-state index >= 15 is 0 Å². The van der Waals surface area contributed by atoms with Gasteiger partial charge in [-0.25, -0.2) is 4.39 Å². The fraction of sp³-hybridized carbons (Fsp3) is 0.458. The zero-order valence-corrected chi connectivity index (χ0v) is 18.1. The second-order valence-corrected chi connectivity index (χ2v) is 8.41. The number of carbonyl (C=O) groups is 1. The standard InChI is InChI=1S/C24H29FN2O5/c1-31-21-6-7-22(25)23(14-21)26-10-8-20(9-11-26)32-19-4-2-16(3-5-19)27-15-18(28)12-17(27)13-24(29)30/h2-7,14,17-18,20,28H,8-13,15H2,1H3,(H,29,30)/t17-,18-/m1/s1. The van der Waals surface area contributed by atoms with Gasteiger partial charge in [-0.3, -0.25) is 4.79 Å². The number of hydrogen-bond acceptors (Lipinski definition) is 6. The molecular formula is C24H29FN2O5. The second-order valence-electron chi connectivity index (χ2n) is 8.41. The highest BCUT2D eigenvalue weighted by Crippen LogP contribution is 2.31. The summed E-state index contributed by atoms with van der Waals surface area (Å²) in [5.74, 6) is 0.258. The Balaban J connectivity index is 1.33. The van der Waals surface area contributed by atoms with Crippen molar-refractivity contribution < 1.29 is 28.9 Å². The molecule has 32 heavy (non-hydrogen) atoms. The van der Waals surface area contributed by atoms with Crippen LogP contribution in [0.15, 0.2) is 42.5 Å². The number of aliphatic hydroxyl groups is 1. The van der Waals surface area contributed by atoms with Gasteiger partial charge in [-0.05, 0) is 42.8 Å². The van der Waals surface area contributed by atoms with Gasteiger partial charge >= 0.3 is 5.97 Å². The third kappa shape index (κ3) is 5.07. The van der Waals surface area contributed by atoms with E-state index in [0.29, 0.717) is 37.5 Å². The molecule has 4 rings (SSSR count). The Morgan fingerprint density at radius 3 is 2.47 bits per heavy atom. The van der Waals surface area contributed by atoms with Crippen LogP contribution in [-0.4, -0.2) is 61.2 Å². The lowest BCUT2D eigenvalue weighted by molar-refractivity contribution is -0.137. The summed E-state index contributed by atoms with van der Waals surface area (Å²) < 4.78 is 25.6. The largest absolute Gasteiger partial charge is 0.497 e. The molecule has 0 aliphatic carbocycles. The summed E-state index contributed by atoms with van der Waals surface area (Å²) in [4.78, 5) is 15.1. The van der Waals surface area contributed by atoms with Crippen molar-refractivity contribution in [1.29, 1.82) is 0 Å². The molecule has 0 amide bonds. The van der Waals surface area contributed by atoms with Crippen molar-refractivity contribution in [2.45, 2.75) is 43.9 Å². The molecule has 0 spiro atoms. The number of piperidine rings is 1. The summed E-state index contributed by atoms with van der Waals surface area (Å²) >= 11 is 0. The Bertz CT molecular complexity index is 930. The molecule has 0 aromatic heterocycles. The van der Waals surface area contributed by atoms with Crippen LogP contribution < -0.4 is 19.3 Å². The van der Waals surface area contributed by atoms with E-state index in [4.69, 9.17) is 14.6 Å². The Morgan fingerprint density at radius 2 is 1.81 bits per heavy atom. The number of halogens is 1. The quantitative estimate of drug-likeness (QED) is 0.678. The highest BCUT2D eigenvalue weighted by atomic mass is 19.1. The zero-order chi connectivity index (χ0) is 22.7. The van der Waals surface area contributed by atoms with E-state index in [0.717, 1.165) is 24.3 Å². The second kappa shape index (κ2) is 9.65. The molecule has 2 saturated heterocycles. The van der Waals surface area contributed by atoms with Crippen LogP contribution in [0, 0.1) is 5.82 Å². The number of benzene rings is 2. The maximum atomic E-state index is 14.2. The van der Waals surface area contributed by atoms with Crippen LogP contribution in [0.2, 0.25) is 0 Å². The van der Waals surface area contributed by atoms with E-state index in [1.165, 1.54) is 6.07 Å². The third-order valence-electron chi connectivity index (χ3n) is 6.21. The average molecular weight is 445 g/mol. The van der Waals surface area contributed by atoms with Crippen LogP contribution in [0.25, 0.3) is 0 Å². The lowest BCUT2D eigenvalue weighted by Crippen LogP contribution is -2.38. The van der Waals surface area contributed by atoms with Gasteiger partial charge in [0.05, 0.1) is 25.3 Å². The number of rotatable bonds is 7. The molecule has 2 aliphatic heterocycles. The van der Waals surface area contributed by atoms with Crippen molar-refractivity contribution in [3.8, 4) is 11.5 Å². The van der Waals surface area contributed by atoms with Crippen molar-refractivity contribution in [2.75, 3.05) is 36.5 Å². The maximum absolute atomic E-state index is 14.2. The molecule has 0 saturated carbocycles. The zero-order valence-electron chi connectivity index (χ0n) is 18.1. The normalized spacial score (nSPS) is 21.6. The molecule has 8 heteroatoms. The number of β-amino-alcohol motifs (C(OH)–C–C–N with tert-alkyl or cyclic N) is 1. The monoisotopic (exact) mass is 444 g/mol. The molecular weight excluding hydrogens is 415 g/mol. The van der Waals surface area contributed by atoms with Gasteiger partial charge in [0.25, 0.3) is 0 Å². The molecule has 2 fully saturated rings. The number of aliphatic hydroxyl groups excluding tert-OH is 1. The summed E-state index contributed by atoms with van der Waals surface area (Å²) in [6, 6.07) is 12.1. The maximum Gasteiger partial charge on any atom is 0.305 e. The first-order valence-electron chi connectivity index (χ1n) is 10.9. The lowest BCUT2D eigenvalue weighted by atomic mass is 10.1. The number of nitrogens with zero attached hydrogens (tertiary/aromatic N) is 2. The van der Waals surface area contributed by atoms with Gasteiger partial charge in [-0.1, -0.05) is 0 Å². The van der Waals surface area contributed by atoms with Crippen LogP contribution >= 0.6 is 0 Å². The third-order valence-corrected chi connectivity index (χ3v) is 6.21. The SMILES string of the molecule is COc1ccc(F)c(N2CCC(Oc3ccc(N4C[C@H](O)C[C@@H]4CC(=O)O)cc3)CC2)c1. The number of carboxylic acids is 1. The Hall–Kier alpha value is -3.00. The van der Waals surface area contributed by atoms with E-state index in [1.807, 2.05) is 34.1 Å². The highest BCUT2D eigenvalue weighted by Gasteiger charge is 2.32. The summed E-state index contributed by atoms with van der Waals surface area (Å²) in [7, 11) is 1.57. The van der Waals surface area contributed by atoms with E-state index < -0.39 is 12.1 Å². The fourth-order valence-electron chi connectivity index (χ4n) is 4.59. The Kier molecular flexibility index (Phi) is 6.69. The van der Waals surface area contributed by atoms with E-state index in [9.17, 15) is 14.3 Å². The van der Waals surface area contributed by atoms with Crippen molar-refractivity contribution in [3.05, 3.63) is 48.3 Å². The minimum atomic E-state index is -0.866. The topological polar surface area (TPSA) is 82.5 Å². The first-order chi connectivity index (χ1) is 15.4. The van der Waals surface area contributed by atoms with E-state index in [-0.39, 0.29) is 24.4 Å². The van der Waals surface area contributed by atoms with Crippen LogP contribution in [0.5, 0.6) is 11.5 Å². The van der Waals surface area contributed by atoms with Crippen molar-refractivity contribution in [3.63, 3.8) is 0 Å². The smallest absolute Gasteiger partial charge is 0.305 e. The number of carboxylic acid groups (broad SMARTS) is 1. The molecule has 2 aromatic carbocycles. The van der Waals surface area contributed by atoms with Gasteiger partial charge in [-0.15, -0.1) is 0 Å². The lowest BCUT2D eigenvalue weighted by Gasteiger charge is -2.34. The van der Waals surface area contributed by atoms with Gasteiger partial charge in [0.1, 0.15) is 23.4 Å². The molecule has 0 radical (unpaired) electrons. The van der Waals surface area contributed by atoms with Crippen LogP contribution in [0.1, 0.15) is 25.7 Å². The van der Waals surface area contributed by atoms with E-state index in [2.05, 4.69) is 0 Å². The first kappa shape index (κ1) is 22.2. The van der Waals surface area contributed by atoms with Gasteiger partial charge < -0.3 is 29.5 Å². The van der Waals surface area contributed by atoms with Crippen LogP contribution in [0.3, 0.4) is 0 Å². The molecule has 2 atom stereocenters. The number of hydrogen-bond donors (Lipinski definition) is 2. The van der Waals surface area contributed by atoms with Gasteiger partial charge in [-0.2, -0.15) is 0 Å². The summed E-state index contributed by atoms with van der Waals surface area (Å²) in [5, 5.41) is 19.1. The number of ether oxygens (including phenoxy) is 2. The van der Waals surface area contributed by atoms with Gasteiger partial charge in [0, 0.05) is 50.3 Å². The molecule has 2 heterocycles. The molecule has 7 nitrogen and oxygen atoms in total. The predicted octanol–water partition coefficient (Wildman–Crippen LogP) is 3.30. The molecule has 0 bridgehead atoms. The molecule has 2 aliphatic rings. The van der Waals surface area contributed by atoms with Crippen molar-refractivity contribution >= 4 is 17.3 Å². The molecule has 2 aromatic rings. The number of aliphatic carboxylic acids is 1. The molecule has 172 valence electrons. The Morgan fingerprint density at radius 1 is 1.12 bits per heavy atom.